The zero-order valence-electron chi connectivity index (χ0n) is 15.4. The van der Waals surface area contributed by atoms with E-state index in [-0.39, 0.29) is 11.6 Å². The first-order valence-electron chi connectivity index (χ1n) is 8.57. The molecule has 9 heteroatoms. The Morgan fingerprint density at radius 2 is 1.76 bits per heavy atom. The van der Waals surface area contributed by atoms with Crippen LogP contribution in [-0.2, 0) is 4.79 Å². The Morgan fingerprint density at radius 1 is 1.07 bits per heavy atom. The van der Waals surface area contributed by atoms with Crippen molar-refractivity contribution in [2.24, 2.45) is 5.10 Å². The predicted octanol–water partition coefficient (Wildman–Crippen LogP) is 3.11. The number of nitro benzene ring substituents is 1. The van der Waals surface area contributed by atoms with Gasteiger partial charge in [-0.2, -0.15) is 5.10 Å². The number of anilines is 1. The number of nitro groups is 1. The maximum atomic E-state index is 12.2. The maximum absolute atomic E-state index is 12.2. The molecule has 0 saturated carbocycles. The lowest BCUT2D eigenvalue weighted by atomic mass is 10.2. The van der Waals surface area contributed by atoms with Crippen LogP contribution in [-0.4, -0.2) is 27.5 Å². The number of carbonyl (C=O) groups is 2. The number of nitrogens with zero attached hydrogens (tertiary/aromatic N) is 3. The standard InChI is InChI=1S/C20H17N5O4/c1-14(26)22-16-6-4-15(5-7-16)20(27)23-21-13-19-3-2-12-24(19)17-8-10-18(11-9-17)25(28)29/h2-13H,1H3,(H,22,26)(H,23,27)/b21-13-. The highest BCUT2D eigenvalue weighted by Gasteiger charge is 2.07. The van der Waals surface area contributed by atoms with Crippen LogP contribution < -0.4 is 10.7 Å². The molecule has 0 unspecified atom stereocenters. The van der Waals surface area contributed by atoms with E-state index in [1.165, 1.54) is 25.3 Å². The van der Waals surface area contributed by atoms with Crippen molar-refractivity contribution in [3.8, 4) is 5.69 Å². The van der Waals surface area contributed by atoms with Crippen molar-refractivity contribution in [2.45, 2.75) is 6.92 Å². The molecule has 2 amide bonds. The molecule has 3 rings (SSSR count). The molecule has 0 radical (unpaired) electrons. The molecule has 2 aromatic carbocycles. The van der Waals surface area contributed by atoms with E-state index in [0.717, 1.165) is 5.69 Å². The Labute approximate surface area is 165 Å². The largest absolute Gasteiger partial charge is 0.326 e. The van der Waals surface area contributed by atoms with Crippen molar-refractivity contribution in [3.63, 3.8) is 0 Å². The van der Waals surface area contributed by atoms with Gasteiger partial charge in [0, 0.05) is 42.2 Å². The van der Waals surface area contributed by atoms with Gasteiger partial charge in [-0.05, 0) is 48.5 Å². The Morgan fingerprint density at radius 3 is 2.38 bits per heavy atom. The first kappa shape index (κ1) is 19.5. The molecule has 0 bridgehead atoms. The van der Waals surface area contributed by atoms with Crippen molar-refractivity contribution in [2.75, 3.05) is 5.32 Å². The summed E-state index contributed by atoms with van der Waals surface area (Å²) >= 11 is 0. The SMILES string of the molecule is CC(=O)Nc1ccc(C(=O)N/N=C\c2cccn2-c2ccc([N+](=O)[O-])cc2)cc1. The normalized spacial score (nSPS) is 10.7. The number of aromatic nitrogens is 1. The van der Waals surface area contributed by atoms with E-state index in [9.17, 15) is 19.7 Å². The molecule has 0 saturated heterocycles. The Bertz CT molecular complexity index is 1070. The molecule has 1 heterocycles. The van der Waals surface area contributed by atoms with Crippen LogP contribution in [0.3, 0.4) is 0 Å². The molecule has 3 aromatic rings. The second-order valence-electron chi connectivity index (χ2n) is 6.03. The fourth-order valence-corrected chi connectivity index (χ4v) is 2.60. The predicted molar refractivity (Wildman–Crippen MR) is 108 cm³/mol. The molecule has 0 aliphatic heterocycles. The number of carbonyl (C=O) groups excluding carboxylic acids is 2. The highest BCUT2D eigenvalue weighted by molar-refractivity contribution is 5.96. The van der Waals surface area contributed by atoms with Gasteiger partial charge < -0.3 is 9.88 Å². The molecular formula is C20H17N5O4. The number of hydrogen-bond donors (Lipinski definition) is 2. The van der Waals surface area contributed by atoms with Gasteiger partial charge in [-0.15, -0.1) is 0 Å². The first-order valence-corrected chi connectivity index (χ1v) is 8.57. The van der Waals surface area contributed by atoms with E-state index < -0.39 is 10.8 Å². The van der Waals surface area contributed by atoms with E-state index >= 15 is 0 Å². The van der Waals surface area contributed by atoms with Crippen LogP contribution in [0.5, 0.6) is 0 Å². The van der Waals surface area contributed by atoms with Crippen LogP contribution in [0.2, 0.25) is 0 Å². The van der Waals surface area contributed by atoms with Crippen molar-refractivity contribution in [1.82, 2.24) is 9.99 Å². The van der Waals surface area contributed by atoms with Crippen LogP contribution in [0, 0.1) is 10.1 Å². The van der Waals surface area contributed by atoms with Gasteiger partial charge in [-0.3, -0.25) is 19.7 Å². The highest BCUT2D eigenvalue weighted by Crippen LogP contribution is 2.17. The fraction of sp³-hybridized carbons (Fsp3) is 0.0500. The topological polar surface area (TPSA) is 119 Å². The summed E-state index contributed by atoms with van der Waals surface area (Å²) in [7, 11) is 0. The zero-order valence-corrected chi connectivity index (χ0v) is 15.4. The number of rotatable bonds is 6. The van der Waals surface area contributed by atoms with E-state index in [4.69, 9.17) is 0 Å². The molecular weight excluding hydrogens is 374 g/mol. The molecule has 0 aliphatic carbocycles. The third-order valence-electron chi connectivity index (χ3n) is 3.95. The van der Waals surface area contributed by atoms with E-state index in [1.54, 1.807) is 59.3 Å². The summed E-state index contributed by atoms with van der Waals surface area (Å²) in [6.07, 6.45) is 3.26. The van der Waals surface area contributed by atoms with Crippen molar-refractivity contribution in [1.29, 1.82) is 0 Å². The number of benzene rings is 2. The summed E-state index contributed by atoms with van der Waals surface area (Å²) < 4.78 is 1.78. The lowest BCUT2D eigenvalue weighted by Gasteiger charge is -2.06. The average Bonchev–Trinajstić information content (AvgIpc) is 3.16. The molecule has 1 aromatic heterocycles. The molecule has 9 nitrogen and oxygen atoms in total. The van der Waals surface area contributed by atoms with Crippen LogP contribution in [0.4, 0.5) is 11.4 Å². The minimum Gasteiger partial charge on any atom is -0.326 e. The van der Waals surface area contributed by atoms with Crippen LogP contribution in [0.25, 0.3) is 5.69 Å². The Balaban J connectivity index is 1.66. The van der Waals surface area contributed by atoms with Crippen LogP contribution >= 0.6 is 0 Å². The quantitative estimate of drug-likeness (QED) is 0.381. The molecule has 0 aliphatic rings. The Hall–Kier alpha value is -4.27. The second-order valence-corrected chi connectivity index (χ2v) is 6.03. The molecule has 146 valence electrons. The monoisotopic (exact) mass is 391 g/mol. The summed E-state index contributed by atoms with van der Waals surface area (Å²) in [6.45, 7) is 1.40. The van der Waals surface area contributed by atoms with Gasteiger partial charge in [0.2, 0.25) is 5.91 Å². The van der Waals surface area contributed by atoms with E-state index in [1.807, 2.05) is 0 Å². The smallest absolute Gasteiger partial charge is 0.271 e. The summed E-state index contributed by atoms with van der Waals surface area (Å²) in [5.74, 6) is -0.591. The molecule has 0 fully saturated rings. The molecule has 0 atom stereocenters. The van der Waals surface area contributed by atoms with Gasteiger partial charge in [0.1, 0.15) is 0 Å². The number of hydrazone groups is 1. The summed E-state index contributed by atoms with van der Waals surface area (Å²) in [5, 5.41) is 17.4. The van der Waals surface area contributed by atoms with Gasteiger partial charge in [0.25, 0.3) is 11.6 Å². The maximum Gasteiger partial charge on any atom is 0.271 e. The highest BCUT2D eigenvalue weighted by atomic mass is 16.6. The fourth-order valence-electron chi connectivity index (χ4n) is 2.60. The lowest BCUT2D eigenvalue weighted by Crippen LogP contribution is -2.18. The van der Waals surface area contributed by atoms with E-state index in [2.05, 4.69) is 15.8 Å². The number of nitrogens with one attached hydrogen (secondary N) is 2. The van der Waals surface area contributed by atoms with Gasteiger partial charge in [-0.1, -0.05) is 0 Å². The third kappa shape index (κ3) is 4.92. The number of non-ortho nitro benzene ring substituents is 1. The minimum atomic E-state index is -0.458. The molecule has 2 N–H and O–H groups in total. The number of hydrogen-bond acceptors (Lipinski definition) is 5. The van der Waals surface area contributed by atoms with Crippen molar-refractivity contribution < 1.29 is 14.5 Å². The van der Waals surface area contributed by atoms with E-state index in [0.29, 0.717) is 16.9 Å². The zero-order chi connectivity index (χ0) is 20.8. The average molecular weight is 391 g/mol. The molecule has 0 spiro atoms. The van der Waals surface area contributed by atoms with Crippen molar-refractivity contribution >= 4 is 29.4 Å². The van der Waals surface area contributed by atoms with Crippen molar-refractivity contribution in [3.05, 3.63) is 88.2 Å². The van der Waals surface area contributed by atoms with Gasteiger partial charge in [-0.25, -0.2) is 5.43 Å². The van der Waals surface area contributed by atoms with Crippen LogP contribution in [0.1, 0.15) is 23.0 Å². The first-order chi connectivity index (χ1) is 13.9. The number of amides is 2. The third-order valence-corrected chi connectivity index (χ3v) is 3.95. The minimum absolute atomic E-state index is 0.00732. The lowest BCUT2D eigenvalue weighted by molar-refractivity contribution is -0.384. The van der Waals surface area contributed by atoms with Gasteiger partial charge in [0.05, 0.1) is 16.8 Å². The van der Waals surface area contributed by atoms with Crippen LogP contribution in [0.15, 0.2) is 72.0 Å². The van der Waals surface area contributed by atoms with Gasteiger partial charge >= 0.3 is 0 Å². The second kappa shape index (κ2) is 8.61. The summed E-state index contributed by atoms with van der Waals surface area (Å²) in [4.78, 5) is 33.5. The Kier molecular flexibility index (Phi) is 5.79. The molecule has 29 heavy (non-hydrogen) atoms. The van der Waals surface area contributed by atoms with Gasteiger partial charge in [0.15, 0.2) is 0 Å². The summed E-state index contributed by atoms with van der Waals surface area (Å²) in [6, 6.07) is 16.1. The summed E-state index contributed by atoms with van der Waals surface area (Å²) in [5.41, 5.74) is 4.84.